The van der Waals surface area contributed by atoms with Crippen LogP contribution in [-0.4, -0.2) is 46.1 Å². The Hall–Kier alpha value is -3.40. The number of anilines is 1. The molecule has 10 heteroatoms. The second-order valence-electron chi connectivity index (χ2n) is 10.2. The molecular formula is C28H33F3N4O3. The lowest BCUT2D eigenvalue weighted by Crippen LogP contribution is -2.48. The van der Waals surface area contributed by atoms with E-state index in [1.54, 1.807) is 49.9 Å². The second kappa shape index (κ2) is 10.8. The lowest BCUT2D eigenvalue weighted by Gasteiger charge is -2.35. The van der Waals surface area contributed by atoms with Gasteiger partial charge in [0.2, 0.25) is 0 Å². The summed E-state index contributed by atoms with van der Waals surface area (Å²) in [6.07, 6.45) is -4.42. The number of benzene rings is 2. The smallest absolute Gasteiger partial charge is 0.378 e. The summed E-state index contributed by atoms with van der Waals surface area (Å²) in [4.78, 5) is 34.4. The summed E-state index contributed by atoms with van der Waals surface area (Å²) in [5, 5.41) is 3.26. The minimum absolute atomic E-state index is 0.0120. The number of fused-ring (bicyclic) bond motifs is 1. The number of amides is 1. The molecule has 1 aromatic heterocycles. The van der Waals surface area contributed by atoms with Gasteiger partial charge in [0.25, 0.3) is 11.5 Å². The van der Waals surface area contributed by atoms with Crippen molar-refractivity contribution in [1.82, 2.24) is 14.9 Å². The summed E-state index contributed by atoms with van der Waals surface area (Å²) in [6, 6.07) is 8.20. The van der Waals surface area contributed by atoms with Gasteiger partial charge in [-0.25, -0.2) is 4.98 Å². The largest absolute Gasteiger partial charge is 0.416 e. The molecule has 0 aliphatic carbocycles. The molecule has 0 saturated carbocycles. The van der Waals surface area contributed by atoms with Crippen LogP contribution >= 0.6 is 0 Å². The predicted octanol–water partition coefficient (Wildman–Crippen LogP) is 5.88. The molecule has 2 aromatic carbocycles. The van der Waals surface area contributed by atoms with E-state index in [0.717, 1.165) is 6.07 Å². The van der Waals surface area contributed by atoms with Gasteiger partial charge >= 0.3 is 6.18 Å². The Morgan fingerprint density at radius 2 is 1.79 bits per heavy atom. The van der Waals surface area contributed by atoms with Gasteiger partial charge in [0.1, 0.15) is 5.82 Å². The summed E-state index contributed by atoms with van der Waals surface area (Å²) >= 11 is 0. The number of nitrogens with one attached hydrogen (secondary N) is 2. The molecule has 2 heterocycles. The number of rotatable bonds is 6. The van der Waals surface area contributed by atoms with Crippen molar-refractivity contribution < 1.29 is 22.7 Å². The highest BCUT2D eigenvalue weighted by Crippen LogP contribution is 2.38. The van der Waals surface area contributed by atoms with E-state index in [2.05, 4.69) is 15.3 Å². The quantitative estimate of drug-likeness (QED) is 0.416. The van der Waals surface area contributed by atoms with Gasteiger partial charge in [-0.3, -0.25) is 9.59 Å². The van der Waals surface area contributed by atoms with Crippen LogP contribution in [0.15, 0.2) is 41.2 Å². The number of nitrogens with zero attached hydrogens (tertiary/aromatic N) is 2. The van der Waals surface area contributed by atoms with Crippen LogP contribution in [0.2, 0.25) is 0 Å². The Labute approximate surface area is 219 Å². The summed E-state index contributed by atoms with van der Waals surface area (Å²) < 4.78 is 48.2. The van der Waals surface area contributed by atoms with E-state index < -0.39 is 23.3 Å². The van der Waals surface area contributed by atoms with Crippen LogP contribution in [-0.2, 0) is 10.9 Å². The SMILES string of the molecule is CC[C@H](Nc1ccc(C(=O)N2C[C@@H](C)O[C@@H](C)C2)cc1)c1cc2c(=O)[nH]c(C(C)C)nc2cc1C(F)(F)F. The van der Waals surface area contributed by atoms with E-state index in [-0.39, 0.29) is 40.5 Å². The van der Waals surface area contributed by atoms with Gasteiger partial charge in [0, 0.05) is 30.3 Å². The summed E-state index contributed by atoms with van der Waals surface area (Å²) in [5.41, 5.74) is -0.276. The van der Waals surface area contributed by atoms with Crippen molar-refractivity contribution in [2.45, 2.75) is 71.4 Å². The molecule has 204 valence electrons. The molecule has 1 fully saturated rings. The molecule has 38 heavy (non-hydrogen) atoms. The molecule has 7 nitrogen and oxygen atoms in total. The molecule has 2 N–H and O–H groups in total. The number of carbonyl (C=O) groups is 1. The first kappa shape index (κ1) is 27.6. The van der Waals surface area contributed by atoms with Crippen LogP contribution in [0.5, 0.6) is 0 Å². The average Bonchev–Trinajstić information content (AvgIpc) is 2.85. The molecule has 3 aromatic rings. The third kappa shape index (κ3) is 5.85. The fraction of sp³-hybridized carbons (Fsp3) is 0.464. The molecule has 1 amide bonds. The topological polar surface area (TPSA) is 87.3 Å². The van der Waals surface area contributed by atoms with Crippen molar-refractivity contribution in [3.05, 3.63) is 69.3 Å². The normalized spacial score (nSPS) is 19.1. The van der Waals surface area contributed by atoms with Crippen molar-refractivity contribution in [3.8, 4) is 0 Å². The fourth-order valence-corrected chi connectivity index (χ4v) is 4.86. The van der Waals surface area contributed by atoms with Crippen molar-refractivity contribution in [3.63, 3.8) is 0 Å². The Morgan fingerprint density at radius 1 is 1.16 bits per heavy atom. The highest BCUT2D eigenvalue weighted by atomic mass is 19.4. The monoisotopic (exact) mass is 530 g/mol. The Kier molecular flexibility index (Phi) is 7.83. The molecule has 0 bridgehead atoms. The van der Waals surface area contributed by atoms with Crippen molar-refractivity contribution >= 4 is 22.5 Å². The number of aromatic nitrogens is 2. The standard InChI is InChI=1S/C28H33F3N4O3/c1-6-23(32-19-9-7-18(8-10-19)27(37)35-13-16(4)38-17(5)14-35)20-11-21-24(12-22(20)28(29,30)31)33-25(15(2)3)34-26(21)36/h7-12,15-17,23,32H,6,13-14H2,1-5H3,(H,33,34,36)/t16-,17+,23-/m0/s1. The second-order valence-corrected chi connectivity index (χ2v) is 10.2. The number of hydrogen-bond acceptors (Lipinski definition) is 5. The van der Waals surface area contributed by atoms with E-state index in [1.165, 1.54) is 6.07 Å². The van der Waals surface area contributed by atoms with Gasteiger partial charge in [-0.15, -0.1) is 0 Å². The number of alkyl halides is 3. The summed E-state index contributed by atoms with van der Waals surface area (Å²) in [7, 11) is 0. The number of carbonyl (C=O) groups excluding carboxylic acids is 1. The van der Waals surface area contributed by atoms with Gasteiger partial charge in [-0.2, -0.15) is 13.2 Å². The van der Waals surface area contributed by atoms with Crippen LogP contribution in [0.4, 0.5) is 18.9 Å². The first-order chi connectivity index (χ1) is 17.9. The maximum Gasteiger partial charge on any atom is 0.416 e. The van der Waals surface area contributed by atoms with E-state index in [9.17, 15) is 22.8 Å². The fourth-order valence-electron chi connectivity index (χ4n) is 4.86. The summed E-state index contributed by atoms with van der Waals surface area (Å²) in [6.45, 7) is 10.2. The maximum absolute atomic E-state index is 14.2. The van der Waals surface area contributed by atoms with Crippen LogP contribution < -0.4 is 10.9 Å². The highest BCUT2D eigenvalue weighted by Gasteiger charge is 2.36. The van der Waals surface area contributed by atoms with Crippen LogP contribution in [0.1, 0.15) is 80.3 Å². The zero-order chi connectivity index (χ0) is 27.8. The molecule has 0 unspecified atom stereocenters. The molecule has 3 atom stereocenters. The van der Waals surface area contributed by atoms with Gasteiger partial charge in [0.15, 0.2) is 0 Å². The molecule has 0 spiro atoms. The van der Waals surface area contributed by atoms with Crippen LogP contribution in [0.25, 0.3) is 10.9 Å². The van der Waals surface area contributed by atoms with E-state index in [4.69, 9.17) is 4.74 Å². The molecule has 0 radical (unpaired) electrons. The molecule has 4 rings (SSSR count). The zero-order valence-corrected chi connectivity index (χ0v) is 22.1. The number of H-pyrrole nitrogens is 1. The van der Waals surface area contributed by atoms with Crippen molar-refractivity contribution in [2.24, 2.45) is 0 Å². The maximum atomic E-state index is 14.2. The van der Waals surface area contributed by atoms with Crippen LogP contribution in [0, 0.1) is 0 Å². The van der Waals surface area contributed by atoms with E-state index in [0.29, 0.717) is 36.6 Å². The number of aromatic amines is 1. The van der Waals surface area contributed by atoms with Gasteiger partial charge in [0.05, 0.1) is 34.7 Å². The Morgan fingerprint density at radius 3 is 2.34 bits per heavy atom. The Bertz CT molecular complexity index is 1360. The lowest BCUT2D eigenvalue weighted by molar-refractivity contribution is -0.138. The summed E-state index contributed by atoms with van der Waals surface area (Å²) in [5.74, 6) is 0.0761. The van der Waals surface area contributed by atoms with Crippen LogP contribution in [0.3, 0.4) is 0 Å². The predicted molar refractivity (Wildman–Crippen MR) is 140 cm³/mol. The minimum Gasteiger partial charge on any atom is -0.378 e. The molecule has 1 saturated heterocycles. The third-order valence-electron chi connectivity index (χ3n) is 6.71. The van der Waals surface area contributed by atoms with Crippen molar-refractivity contribution in [2.75, 3.05) is 18.4 Å². The third-order valence-corrected chi connectivity index (χ3v) is 6.71. The molecule has 1 aliphatic rings. The zero-order valence-electron chi connectivity index (χ0n) is 22.1. The Balaban J connectivity index is 1.64. The average molecular weight is 531 g/mol. The number of morpholine rings is 1. The highest BCUT2D eigenvalue weighted by molar-refractivity contribution is 5.94. The van der Waals surface area contributed by atoms with Gasteiger partial charge in [-0.05, 0) is 62.2 Å². The first-order valence-electron chi connectivity index (χ1n) is 12.8. The number of ether oxygens (including phenoxy) is 1. The lowest BCUT2D eigenvalue weighted by atomic mass is 9.95. The number of hydrogen-bond donors (Lipinski definition) is 2. The molecule has 1 aliphatic heterocycles. The van der Waals surface area contributed by atoms with Gasteiger partial charge < -0.3 is 19.9 Å². The molecular weight excluding hydrogens is 497 g/mol. The first-order valence-corrected chi connectivity index (χ1v) is 12.8. The minimum atomic E-state index is -4.64. The number of halogens is 3. The van der Waals surface area contributed by atoms with Gasteiger partial charge in [-0.1, -0.05) is 20.8 Å². The van der Waals surface area contributed by atoms with E-state index >= 15 is 0 Å². The van der Waals surface area contributed by atoms with E-state index in [1.807, 2.05) is 13.8 Å². The van der Waals surface area contributed by atoms with Crippen molar-refractivity contribution in [1.29, 1.82) is 0 Å².